The molecule has 0 aromatic carbocycles. The zero-order chi connectivity index (χ0) is 14.3. The van der Waals surface area contributed by atoms with Crippen LogP contribution in [0.15, 0.2) is 23.2 Å². The average Bonchev–Trinajstić information content (AvgIpc) is 2.72. The van der Waals surface area contributed by atoms with Crippen LogP contribution in [0.2, 0.25) is 0 Å². The van der Waals surface area contributed by atoms with Crippen molar-refractivity contribution in [1.29, 1.82) is 0 Å². The van der Waals surface area contributed by atoms with Crippen LogP contribution in [0, 0.1) is 0 Å². The molecule has 2 aromatic heterocycles. The summed E-state index contributed by atoms with van der Waals surface area (Å²) in [5.41, 5.74) is 0.660. The van der Waals surface area contributed by atoms with Crippen molar-refractivity contribution >= 4 is 37.2 Å². The van der Waals surface area contributed by atoms with Crippen molar-refractivity contribution in [1.82, 2.24) is 14.4 Å². The third-order valence-electron chi connectivity index (χ3n) is 3.03. The number of anilines is 1. The van der Waals surface area contributed by atoms with E-state index in [-0.39, 0.29) is 6.54 Å². The maximum absolute atomic E-state index is 11.7. The molecule has 2 aromatic rings. The van der Waals surface area contributed by atoms with Crippen LogP contribution in [0.25, 0.3) is 5.65 Å². The Morgan fingerprint density at radius 2 is 2.16 bits per heavy atom. The SMILES string of the molecule is CC(C)(CNc1nc(Br)cn2ccnc12)S(C)(=O)=O. The van der Waals surface area contributed by atoms with Gasteiger partial charge in [0.2, 0.25) is 0 Å². The van der Waals surface area contributed by atoms with Crippen LogP contribution in [-0.2, 0) is 9.84 Å². The van der Waals surface area contributed by atoms with E-state index in [2.05, 4.69) is 31.2 Å². The number of fused-ring (bicyclic) bond motifs is 1. The van der Waals surface area contributed by atoms with Crippen LogP contribution in [0.4, 0.5) is 5.82 Å². The van der Waals surface area contributed by atoms with E-state index in [9.17, 15) is 8.42 Å². The van der Waals surface area contributed by atoms with E-state index in [0.717, 1.165) is 0 Å². The number of sulfone groups is 1. The van der Waals surface area contributed by atoms with Crippen LogP contribution in [-0.4, -0.2) is 40.3 Å². The number of rotatable bonds is 4. The van der Waals surface area contributed by atoms with E-state index in [1.54, 1.807) is 32.4 Å². The molecule has 0 radical (unpaired) electrons. The summed E-state index contributed by atoms with van der Waals surface area (Å²) >= 11 is 3.31. The van der Waals surface area contributed by atoms with Gasteiger partial charge in [-0.05, 0) is 29.8 Å². The number of nitrogens with one attached hydrogen (secondary N) is 1. The predicted molar refractivity (Wildman–Crippen MR) is 78.1 cm³/mol. The van der Waals surface area contributed by atoms with Gasteiger partial charge in [-0.2, -0.15) is 0 Å². The van der Waals surface area contributed by atoms with E-state index in [1.807, 2.05) is 4.40 Å². The molecule has 6 nitrogen and oxygen atoms in total. The smallest absolute Gasteiger partial charge is 0.180 e. The van der Waals surface area contributed by atoms with Gasteiger partial charge in [-0.25, -0.2) is 18.4 Å². The highest BCUT2D eigenvalue weighted by Gasteiger charge is 2.30. The summed E-state index contributed by atoms with van der Waals surface area (Å²) in [6.45, 7) is 3.62. The van der Waals surface area contributed by atoms with Gasteiger partial charge in [-0.3, -0.25) is 0 Å². The molecule has 104 valence electrons. The Labute approximate surface area is 120 Å². The minimum absolute atomic E-state index is 0.262. The van der Waals surface area contributed by atoms with Gasteiger partial charge in [-0.15, -0.1) is 0 Å². The molecule has 19 heavy (non-hydrogen) atoms. The highest BCUT2D eigenvalue weighted by Crippen LogP contribution is 2.20. The van der Waals surface area contributed by atoms with Crippen molar-refractivity contribution in [3.8, 4) is 0 Å². The van der Waals surface area contributed by atoms with Gasteiger partial charge >= 0.3 is 0 Å². The summed E-state index contributed by atoms with van der Waals surface area (Å²) in [5, 5.41) is 3.06. The Balaban J connectivity index is 2.30. The number of aromatic nitrogens is 3. The van der Waals surface area contributed by atoms with Crippen LogP contribution in [0.3, 0.4) is 0 Å². The highest BCUT2D eigenvalue weighted by molar-refractivity contribution is 9.10. The molecule has 2 rings (SSSR count). The predicted octanol–water partition coefficient (Wildman–Crippen LogP) is 1.73. The summed E-state index contributed by atoms with van der Waals surface area (Å²) in [4.78, 5) is 8.48. The summed E-state index contributed by atoms with van der Waals surface area (Å²) in [6.07, 6.45) is 6.48. The maximum Gasteiger partial charge on any atom is 0.180 e. The van der Waals surface area contributed by atoms with Gasteiger partial charge in [0.1, 0.15) is 4.60 Å². The molecule has 0 bridgehead atoms. The maximum atomic E-state index is 11.7. The number of nitrogens with zero attached hydrogens (tertiary/aromatic N) is 3. The van der Waals surface area contributed by atoms with E-state index in [4.69, 9.17) is 0 Å². The fourth-order valence-electron chi connectivity index (χ4n) is 1.45. The molecule has 0 saturated heterocycles. The van der Waals surface area contributed by atoms with Crippen LogP contribution < -0.4 is 5.32 Å². The lowest BCUT2D eigenvalue weighted by atomic mass is 10.2. The van der Waals surface area contributed by atoms with Crippen molar-refractivity contribution < 1.29 is 8.42 Å². The second-order valence-corrected chi connectivity index (χ2v) is 8.42. The van der Waals surface area contributed by atoms with Gasteiger partial charge < -0.3 is 9.72 Å². The minimum Gasteiger partial charge on any atom is -0.365 e. The first-order valence-corrected chi connectivity index (χ1v) is 8.32. The molecule has 8 heteroatoms. The minimum atomic E-state index is -3.15. The van der Waals surface area contributed by atoms with Gasteiger partial charge in [-0.1, -0.05) is 0 Å². The molecular weight excluding hydrogens is 332 g/mol. The van der Waals surface area contributed by atoms with Crippen molar-refractivity contribution in [2.45, 2.75) is 18.6 Å². The monoisotopic (exact) mass is 346 g/mol. The van der Waals surface area contributed by atoms with Crippen LogP contribution >= 0.6 is 15.9 Å². The van der Waals surface area contributed by atoms with Gasteiger partial charge in [0.25, 0.3) is 0 Å². The highest BCUT2D eigenvalue weighted by atomic mass is 79.9. The zero-order valence-electron chi connectivity index (χ0n) is 10.9. The Hall–Kier alpha value is -1.15. The third kappa shape index (κ3) is 2.89. The molecule has 0 aliphatic rings. The summed E-state index contributed by atoms with van der Waals surface area (Å²) in [6, 6.07) is 0. The van der Waals surface area contributed by atoms with Crippen molar-refractivity contribution in [2.24, 2.45) is 0 Å². The molecule has 1 N–H and O–H groups in total. The molecule has 0 aliphatic heterocycles. The number of hydrogen-bond acceptors (Lipinski definition) is 5. The second-order valence-electron chi connectivity index (χ2n) is 4.96. The zero-order valence-corrected chi connectivity index (χ0v) is 13.3. The topological polar surface area (TPSA) is 76.4 Å². The third-order valence-corrected chi connectivity index (χ3v) is 5.56. The lowest BCUT2D eigenvalue weighted by Crippen LogP contribution is -2.38. The quantitative estimate of drug-likeness (QED) is 0.912. The summed E-state index contributed by atoms with van der Waals surface area (Å²) < 4.78 is 24.9. The Bertz CT molecular complexity index is 709. The summed E-state index contributed by atoms with van der Waals surface area (Å²) in [7, 11) is -3.15. The van der Waals surface area contributed by atoms with Crippen LogP contribution in [0.5, 0.6) is 0 Å². The molecule has 0 unspecified atom stereocenters. The second kappa shape index (κ2) is 4.75. The first kappa shape index (κ1) is 14.3. The van der Waals surface area contributed by atoms with E-state index in [1.165, 1.54) is 6.26 Å². The molecule has 2 heterocycles. The molecule has 0 spiro atoms. The fraction of sp³-hybridized carbons (Fsp3) is 0.455. The average molecular weight is 347 g/mol. The van der Waals surface area contributed by atoms with Crippen molar-refractivity contribution in [3.05, 3.63) is 23.2 Å². The van der Waals surface area contributed by atoms with Gasteiger partial charge in [0.15, 0.2) is 21.3 Å². The van der Waals surface area contributed by atoms with Gasteiger partial charge in [0, 0.05) is 31.4 Å². The van der Waals surface area contributed by atoms with E-state index in [0.29, 0.717) is 16.1 Å². The van der Waals surface area contributed by atoms with Crippen molar-refractivity contribution in [2.75, 3.05) is 18.1 Å². The lowest BCUT2D eigenvalue weighted by Gasteiger charge is -2.23. The fourth-order valence-corrected chi connectivity index (χ4v) is 2.18. The Morgan fingerprint density at radius 3 is 2.79 bits per heavy atom. The van der Waals surface area contributed by atoms with Crippen LogP contribution in [0.1, 0.15) is 13.8 Å². The molecular formula is C11H15BrN4O2S. The van der Waals surface area contributed by atoms with Gasteiger partial charge in [0.05, 0.1) is 4.75 Å². The van der Waals surface area contributed by atoms with E-state index >= 15 is 0 Å². The van der Waals surface area contributed by atoms with Crippen molar-refractivity contribution in [3.63, 3.8) is 0 Å². The number of hydrogen-bond donors (Lipinski definition) is 1. The number of imidazole rings is 1. The first-order chi connectivity index (χ1) is 8.71. The number of halogens is 1. The normalized spacial score (nSPS) is 12.8. The lowest BCUT2D eigenvalue weighted by molar-refractivity contribution is 0.559. The first-order valence-electron chi connectivity index (χ1n) is 5.63. The summed E-state index contributed by atoms with van der Waals surface area (Å²) in [5.74, 6) is 0.552. The molecule has 0 fully saturated rings. The molecule has 0 amide bonds. The molecule has 0 aliphatic carbocycles. The molecule has 0 saturated carbocycles. The standard InChI is InChI=1S/C11H15BrN4O2S/c1-11(2,19(3,17)18)7-14-9-10-13-4-5-16(10)6-8(12)15-9/h4-6H,7H2,1-3H3,(H,14,15). The van der Waals surface area contributed by atoms with E-state index < -0.39 is 14.6 Å². The Morgan fingerprint density at radius 1 is 1.47 bits per heavy atom. The molecule has 0 atom stereocenters. The Kier molecular flexibility index (Phi) is 3.57. The largest absolute Gasteiger partial charge is 0.365 e.